The van der Waals surface area contributed by atoms with E-state index < -0.39 is 0 Å². The second-order valence-corrected chi connectivity index (χ2v) is 1.87. The molecule has 0 atom stereocenters. The fourth-order valence-corrected chi connectivity index (χ4v) is 0.697. The lowest BCUT2D eigenvalue weighted by Gasteiger charge is -1.90. The molecule has 1 rings (SSSR count). The van der Waals surface area contributed by atoms with E-state index in [4.69, 9.17) is 17.4 Å². The van der Waals surface area contributed by atoms with Crippen molar-refractivity contribution in [2.45, 2.75) is 6.54 Å². The second kappa shape index (κ2) is 3.54. The number of nitrogens with zero attached hydrogens (tertiary/aromatic N) is 3. The van der Waals surface area contributed by atoms with Crippen molar-refractivity contribution in [2.75, 3.05) is 0 Å². The summed E-state index contributed by atoms with van der Waals surface area (Å²) < 4.78 is 40.0. The molecule has 0 saturated heterocycles. The molecule has 10 heavy (non-hydrogen) atoms. The molecule has 0 heterocycles. The van der Waals surface area contributed by atoms with Gasteiger partial charge in [0.15, 0.2) is 0 Å². The van der Waals surface area contributed by atoms with Gasteiger partial charge in [-0.2, -0.15) is 0 Å². The summed E-state index contributed by atoms with van der Waals surface area (Å²) in [6.07, 6.45) is 0. The predicted octanol–water partition coefficient (Wildman–Crippen LogP) is 3.48. The molecule has 0 amide bonds. The SMILES string of the molecule is [2H][2H].[2H][2H].[2H][2H].[2H][2H].[N-]=[N+]=NCc1ccccc1. The topological polar surface area (TPSA) is 48.8 Å². The Labute approximate surface area is 71.3 Å². The van der Waals surface area contributed by atoms with Crippen LogP contribution in [0, 0.1) is 0 Å². The highest BCUT2D eigenvalue weighted by Gasteiger charge is 1.83. The summed E-state index contributed by atoms with van der Waals surface area (Å²) in [6, 6.07) is 9.62. The molecule has 0 saturated carbocycles. The third-order valence-electron chi connectivity index (χ3n) is 1.16. The molecule has 1 aromatic carbocycles. The predicted molar refractivity (Wildman–Crippen MR) is 47.7 cm³/mol. The highest BCUT2D eigenvalue weighted by molar-refractivity contribution is 5.14. The highest BCUT2D eigenvalue weighted by Crippen LogP contribution is 1.99. The van der Waals surface area contributed by atoms with Crippen LogP contribution in [-0.4, -0.2) is 0 Å². The van der Waals surface area contributed by atoms with Crippen LogP contribution in [0.5, 0.6) is 0 Å². The zero-order chi connectivity index (χ0) is 15.2. The van der Waals surface area contributed by atoms with Gasteiger partial charge in [0.05, 0.1) is 6.54 Å². The van der Waals surface area contributed by atoms with Crippen molar-refractivity contribution in [1.29, 1.82) is 0 Å². The Balaban J connectivity index is -0.000000105. The maximum atomic E-state index is 7.99. The van der Waals surface area contributed by atoms with Gasteiger partial charge in [0.25, 0.3) is 0 Å². The lowest BCUT2D eigenvalue weighted by molar-refractivity contribution is 1.05. The normalized spacial score (nSPS) is 11.6. The lowest BCUT2D eigenvalue weighted by Crippen LogP contribution is -1.75. The molecule has 3 heteroatoms. The second-order valence-electron chi connectivity index (χ2n) is 1.87. The van der Waals surface area contributed by atoms with Gasteiger partial charge < -0.3 is 0 Å². The minimum atomic E-state index is 0.442. The van der Waals surface area contributed by atoms with Crippen molar-refractivity contribution in [3.05, 3.63) is 46.3 Å². The number of rotatable bonds is 2. The average molecular weight is 149 g/mol. The van der Waals surface area contributed by atoms with Crippen molar-refractivity contribution in [2.24, 2.45) is 5.11 Å². The van der Waals surface area contributed by atoms with Crippen molar-refractivity contribution >= 4 is 0 Å². The molecule has 0 aliphatic rings. The van der Waals surface area contributed by atoms with E-state index in [2.05, 4.69) is 10.0 Å². The Kier molecular flexibility index (Phi) is 1.09. The van der Waals surface area contributed by atoms with E-state index in [1.165, 1.54) is 0 Å². The first-order valence-electron chi connectivity index (χ1n) is 6.98. The molecule has 0 spiro atoms. The molecule has 0 radical (unpaired) electrons. The third-order valence-corrected chi connectivity index (χ3v) is 1.16. The Morgan fingerprint density at radius 3 is 2.80 bits per heavy atom. The molecular formula is C7H15N3. The first-order chi connectivity index (χ1) is 8.93. The van der Waals surface area contributed by atoms with Crippen LogP contribution < -0.4 is 0 Å². The van der Waals surface area contributed by atoms with Crippen molar-refractivity contribution in [3.8, 4) is 0 Å². The Hall–Kier alpha value is -1.47. The van der Waals surface area contributed by atoms with E-state index >= 15 is 0 Å². The number of hydrogen-bond acceptors (Lipinski definition) is 1. The summed E-state index contributed by atoms with van der Waals surface area (Å²) >= 11 is 0. The van der Waals surface area contributed by atoms with Crippen LogP contribution >= 0.6 is 0 Å². The minimum Gasteiger partial charge on any atom is -0.0893 e. The van der Waals surface area contributed by atoms with Gasteiger partial charge in [-0.15, -0.1) is 0 Å². The molecule has 0 fully saturated rings. The van der Waals surface area contributed by atoms with Gasteiger partial charge in [0.1, 0.15) is 0 Å². The van der Waals surface area contributed by atoms with Gasteiger partial charge in [-0.1, -0.05) is 35.4 Å². The summed E-state index contributed by atoms with van der Waals surface area (Å²) in [4.78, 5) is 2.66. The van der Waals surface area contributed by atoms with E-state index in [9.17, 15) is 0 Å². The number of benzene rings is 1. The van der Waals surface area contributed by atoms with Gasteiger partial charge in [-0.05, 0) is 11.1 Å². The summed E-state index contributed by atoms with van der Waals surface area (Å²) in [6.45, 7) is 0.442. The molecule has 0 N–H and O–H groups in total. The monoisotopic (exact) mass is 149 g/mol. The van der Waals surface area contributed by atoms with E-state index in [0.717, 1.165) is 5.56 Å². The molecule has 1 aromatic rings. The van der Waals surface area contributed by atoms with Crippen LogP contribution in [0.4, 0.5) is 0 Å². The fourth-order valence-electron chi connectivity index (χ4n) is 0.697. The van der Waals surface area contributed by atoms with Gasteiger partial charge in [0.2, 0.25) is 0 Å². The van der Waals surface area contributed by atoms with Crippen LogP contribution in [0.1, 0.15) is 17.4 Å². The van der Waals surface area contributed by atoms with Crippen molar-refractivity contribution in [1.82, 2.24) is 0 Å². The van der Waals surface area contributed by atoms with Crippen LogP contribution in [0.2, 0.25) is 0 Å². The van der Waals surface area contributed by atoms with E-state index in [-0.39, 0.29) is 0 Å². The fraction of sp³-hybridized carbons (Fsp3) is 0.143. The molecule has 0 aliphatic heterocycles. The quantitative estimate of drug-likeness (QED) is 0.351. The van der Waals surface area contributed by atoms with Crippen molar-refractivity contribution in [3.63, 3.8) is 0 Å². The molecular weight excluding hydrogens is 126 g/mol. The summed E-state index contributed by atoms with van der Waals surface area (Å²) in [7, 11) is 0. The first-order valence-corrected chi connectivity index (χ1v) is 2.98. The molecule has 58 valence electrons. The standard InChI is InChI=1S/C7H7N3.4H2/c8-10-9-6-7-4-2-1-3-5-7;;;;/h1-5H,6H2;4*1H/i;4*1+1D. The molecule has 0 aliphatic carbocycles. The minimum absolute atomic E-state index is 0.442. The summed E-state index contributed by atoms with van der Waals surface area (Å²) in [5, 5.41) is 3.42. The van der Waals surface area contributed by atoms with E-state index in [1.54, 1.807) is 0 Å². The number of hydrogen-bond donors (Lipinski definition) is 0. The van der Waals surface area contributed by atoms with E-state index in [1.807, 2.05) is 30.3 Å². The zero-order valence-electron chi connectivity index (χ0n) is 13.4. The molecule has 0 aromatic heterocycles. The zero-order valence-corrected chi connectivity index (χ0v) is 5.44. The average Bonchev–Trinajstić information content (AvgIpc) is 2.54. The molecule has 0 unspecified atom stereocenters. The van der Waals surface area contributed by atoms with Gasteiger partial charge in [-0.25, -0.2) is 0 Å². The Morgan fingerprint density at radius 1 is 1.50 bits per heavy atom. The van der Waals surface area contributed by atoms with Gasteiger partial charge >= 0.3 is 0 Å². The summed E-state index contributed by atoms with van der Waals surface area (Å²) in [5.74, 6) is 0. The number of azide groups is 1. The maximum Gasteiger partial charge on any atom is 0.0510 e. The third kappa shape index (κ3) is 1.80. The van der Waals surface area contributed by atoms with Gasteiger partial charge in [-0.3, -0.25) is 0 Å². The largest absolute Gasteiger partial charge is 0.0893 e. The Bertz CT molecular complexity index is 254. The lowest BCUT2D eigenvalue weighted by atomic mass is 10.2. The van der Waals surface area contributed by atoms with E-state index in [0.29, 0.717) is 6.54 Å². The van der Waals surface area contributed by atoms with Crippen LogP contribution in [0.25, 0.3) is 10.4 Å². The van der Waals surface area contributed by atoms with Crippen LogP contribution in [0.3, 0.4) is 0 Å². The summed E-state index contributed by atoms with van der Waals surface area (Å²) in [5.41, 5.74) is 9.03. The van der Waals surface area contributed by atoms with Crippen LogP contribution in [-0.2, 0) is 6.54 Å². The smallest absolute Gasteiger partial charge is 0.0510 e. The Morgan fingerprint density at radius 2 is 2.20 bits per heavy atom. The van der Waals surface area contributed by atoms with Gasteiger partial charge in [0, 0.05) is 16.8 Å². The molecule has 3 nitrogen and oxygen atoms in total. The molecule has 0 bridgehead atoms. The van der Waals surface area contributed by atoms with Crippen LogP contribution in [0.15, 0.2) is 35.4 Å². The first kappa shape index (κ1) is 3.08. The maximum absolute atomic E-state index is 7.99. The van der Waals surface area contributed by atoms with Crippen molar-refractivity contribution < 1.29 is 11.9 Å². The highest BCUT2D eigenvalue weighted by atomic mass is 15.1.